The number of benzene rings is 2. The zero-order chi connectivity index (χ0) is 25.3. The number of anilines is 1. The Labute approximate surface area is 207 Å². The molecule has 34 heavy (non-hydrogen) atoms. The number of ether oxygens (including phenoxy) is 2. The maximum atomic E-state index is 13.0. The lowest BCUT2D eigenvalue weighted by Crippen LogP contribution is -2.46. The molecular weight excluding hydrogens is 487 g/mol. The number of hydrogen-bond acceptors (Lipinski definition) is 6. The molecule has 2 aromatic carbocycles. The van der Waals surface area contributed by atoms with E-state index in [0.29, 0.717) is 33.8 Å². The third kappa shape index (κ3) is 7.51. The molecule has 0 bridgehead atoms. The SMILES string of the molecule is COc1ccc(CN2CCCCC2C(=O)Nc2c(Cl)cccc2Cl)cc1OC.O=C(O)C(=O)O. The molecule has 0 aromatic heterocycles. The molecule has 0 aliphatic carbocycles. The number of carbonyl (C=O) groups is 3. The van der Waals surface area contributed by atoms with Crippen LogP contribution >= 0.6 is 23.2 Å². The van der Waals surface area contributed by atoms with E-state index in [2.05, 4.69) is 10.2 Å². The summed E-state index contributed by atoms with van der Waals surface area (Å²) in [6.07, 6.45) is 2.86. The number of carbonyl (C=O) groups excluding carboxylic acids is 1. The maximum Gasteiger partial charge on any atom is 0.414 e. The Kier molecular flexibility index (Phi) is 10.4. The van der Waals surface area contributed by atoms with E-state index >= 15 is 0 Å². The molecular formula is C23H26Cl2N2O7. The predicted octanol–water partition coefficient (Wildman–Crippen LogP) is 4.16. The monoisotopic (exact) mass is 512 g/mol. The molecule has 1 atom stereocenters. The predicted molar refractivity (Wildman–Crippen MR) is 128 cm³/mol. The van der Waals surface area contributed by atoms with E-state index in [1.807, 2.05) is 18.2 Å². The number of carboxylic acids is 2. The van der Waals surface area contributed by atoms with Crippen molar-refractivity contribution in [3.63, 3.8) is 0 Å². The molecule has 3 rings (SSSR count). The Bertz CT molecular complexity index is 1000. The highest BCUT2D eigenvalue weighted by Crippen LogP contribution is 2.32. The average molecular weight is 513 g/mol. The average Bonchev–Trinajstić information content (AvgIpc) is 2.82. The summed E-state index contributed by atoms with van der Waals surface area (Å²) in [5.41, 5.74) is 1.53. The molecule has 1 aliphatic rings. The largest absolute Gasteiger partial charge is 0.493 e. The summed E-state index contributed by atoms with van der Waals surface area (Å²) in [6, 6.07) is 10.8. The highest BCUT2D eigenvalue weighted by Gasteiger charge is 2.29. The minimum atomic E-state index is -1.82. The van der Waals surface area contributed by atoms with E-state index in [4.69, 9.17) is 52.5 Å². The van der Waals surface area contributed by atoms with Gasteiger partial charge in [0.05, 0.1) is 36.0 Å². The van der Waals surface area contributed by atoms with Gasteiger partial charge < -0.3 is 25.0 Å². The number of rotatable bonds is 6. The van der Waals surface area contributed by atoms with Crippen molar-refractivity contribution in [3.05, 3.63) is 52.0 Å². The Morgan fingerprint density at radius 1 is 1.00 bits per heavy atom. The van der Waals surface area contributed by atoms with E-state index in [-0.39, 0.29) is 11.9 Å². The lowest BCUT2D eigenvalue weighted by atomic mass is 10.00. The molecule has 1 aliphatic heterocycles. The number of nitrogens with zero attached hydrogens (tertiary/aromatic N) is 1. The van der Waals surface area contributed by atoms with Crippen LogP contribution in [-0.4, -0.2) is 59.8 Å². The smallest absolute Gasteiger partial charge is 0.414 e. The summed E-state index contributed by atoms with van der Waals surface area (Å²) in [5, 5.41) is 18.6. The fourth-order valence-corrected chi connectivity index (χ4v) is 4.01. The Morgan fingerprint density at radius 2 is 1.62 bits per heavy atom. The molecule has 1 saturated heterocycles. The van der Waals surface area contributed by atoms with Crippen LogP contribution in [0.4, 0.5) is 5.69 Å². The van der Waals surface area contributed by atoms with Gasteiger partial charge in [-0.15, -0.1) is 0 Å². The number of likely N-dealkylation sites (tertiary alicyclic amines) is 1. The fourth-order valence-electron chi connectivity index (χ4n) is 3.51. The third-order valence-corrected chi connectivity index (χ3v) is 5.77. The number of hydrogen-bond donors (Lipinski definition) is 3. The van der Waals surface area contributed by atoms with Crippen molar-refractivity contribution < 1.29 is 34.1 Å². The van der Waals surface area contributed by atoms with Crippen LogP contribution in [0.25, 0.3) is 0 Å². The number of nitrogens with one attached hydrogen (secondary N) is 1. The number of para-hydroxylation sites is 1. The molecule has 1 fully saturated rings. The second-order valence-electron chi connectivity index (χ2n) is 7.37. The van der Waals surface area contributed by atoms with Gasteiger partial charge in [-0.1, -0.05) is 41.8 Å². The quantitative estimate of drug-likeness (QED) is 0.492. The molecule has 1 heterocycles. The van der Waals surface area contributed by atoms with Crippen LogP contribution in [0.3, 0.4) is 0 Å². The van der Waals surface area contributed by atoms with Crippen LogP contribution < -0.4 is 14.8 Å². The van der Waals surface area contributed by atoms with Crippen molar-refractivity contribution in [2.24, 2.45) is 0 Å². The van der Waals surface area contributed by atoms with Gasteiger partial charge in [0.25, 0.3) is 0 Å². The molecule has 0 spiro atoms. The Hall–Kier alpha value is -3.01. The maximum absolute atomic E-state index is 13.0. The van der Waals surface area contributed by atoms with Crippen molar-refractivity contribution in [2.45, 2.75) is 31.8 Å². The molecule has 9 nitrogen and oxygen atoms in total. The lowest BCUT2D eigenvalue weighted by molar-refractivity contribution is -0.159. The van der Waals surface area contributed by atoms with Crippen LogP contribution in [-0.2, 0) is 20.9 Å². The van der Waals surface area contributed by atoms with Gasteiger partial charge in [-0.3, -0.25) is 9.69 Å². The number of methoxy groups -OCH3 is 2. The second-order valence-corrected chi connectivity index (χ2v) is 8.18. The Balaban J connectivity index is 0.000000604. The zero-order valence-electron chi connectivity index (χ0n) is 18.7. The van der Waals surface area contributed by atoms with E-state index in [1.165, 1.54) is 0 Å². The van der Waals surface area contributed by atoms with E-state index in [1.54, 1.807) is 32.4 Å². The van der Waals surface area contributed by atoms with Gasteiger partial charge in [0.1, 0.15) is 0 Å². The van der Waals surface area contributed by atoms with E-state index in [9.17, 15) is 4.79 Å². The van der Waals surface area contributed by atoms with Crippen molar-refractivity contribution in [1.82, 2.24) is 4.90 Å². The summed E-state index contributed by atoms with van der Waals surface area (Å²) in [7, 11) is 3.23. The summed E-state index contributed by atoms with van der Waals surface area (Å²) < 4.78 is 10.7. The molecule has 1 unspecified atom stereocenters. The van der Waals surface area contributed by atoms with Crippen LogP contribution in [0.15, 0.2) is 36.4 Å². The highest BCUT2D eigenvalue weighted by atomic mass is 35.5. The standard InChI is InChI=1S/C21H24Cl2N2O3.C2H2O4/c1-27-18-10-9-14(12-19(18)28-2)13-25-11-4-3-8-17(25)21(26)24-20-15(22)6-5-7-16(20)23;3-1(4)2(5)6/h5-7,9-10,12,17H,3-4,8,11,13H2,1-2H3,(H,24,26);(H,3,4)(H,5,6). The number of piperidine rings is 1. The minimum absolute atomic E-state index is 0.0878. The van der Waals surface area contributed by atoms with Gasteiger partial charge in [0, 0.05) is 6.54 Å². The van der Waals surface area contributed by atoms with Crippen molar-refractivity contribution >= 4 is 46.7 Å². The first-order valence-corrected chi connectivity index (χ1v) is 11.1. The molecule has 11 heteroatoms. The van der Waals surface area contributed by atoms with Gasteiger partial charge in [-0.25, -0.2) is 9.59 Å². The molecule has 3 N–H and O–H groups in total. The van der Waals surface area contributed by atoms with Crippen LogP contribution in [0.5, 0.6) is 11.5 Å². The number of amides is 1. The van der Waals surface area contributed by atoms with Gasteiger partial charge >= 0.3 is 11.9 Å². The number of aliphatic carboxylic acids is 2. The fraction of sp³-hybridized carbons (Fsp3) is 0.348. The topological polar surface area (TPSA) is 125 Å². The minimum Gasteiger partial charge on any atom is -0.493 e. The summed E-state index contributed by atoms with van der Waals surface area (Å²) in [5.74, 6) is -2.37. The van der Waals surface area contributed by atoms with Crippen LogP contribution in [0.1, 0.15) is 24.8 Å². The van der Waals surface area contributed by atoms with Crippen molar-refractivity contribution in [3.8, 4) is 11.5 Å². The van der Waals surface area contributed by atoms with Gasteiger partial charge in [-0.2, -0.15) is 0 Å². The van der Waals surface area contributed by atoms with Gasteiger partial charge in [-0.05, 0) is 49.2 Å². The molecule has 0 saturated carbocycles. The first kappa shape index (κ1) is 27.2. The van der Waals surface area contributed by atoms with E-state index in [0.717, 1.165) is 31.4 Å². The molecule has 1 amide bonds. The van der Waals surface area contributed by atoms with Gasteiger partial charge in [0.15, 0.2) is 11.5 Å². The summed E-state index contributed by atoms with van der Waals surface area (Å²) in [4.78, 5) is 33.4. The Morgan fingerprint density at radius 3 is 2.18 bits per heavy atom. The normalized spacial score (nSPS) is 15.5. The zero-order valence-corrected chi connectivity index (χ0v) is 20.2. The first-order valence-electron chi connectivity index (χ1n) is 10.3. The first-order chi connectivity index (χ1) is 16.2. The van der Waals surface area contributed by atoms with Crippen molar-refractivity contribution in [2.75, 3.05) is 26.1 Å². The second kappa shape index (κ2) is 13.0. The highest BCUT2D eigenvalue weighted by molar-refractivity contribution is 6.39. The number of carboxylic acid groups (broad SMARTS) is 2. The summed E-state index contributed by atoms with van der Waals surface area (Å²) in [6.45, 7) is 1.50. The van der Waals surface area contributed by atoms with Crippen LogP contribution in [0, 0.1) is 0 Å². The van der Waals surface area contributed by atoms with Crippen LogP contribution in [0.2, 0.25) is 10.0 Å². The number of halogens is 2. The molecule has 184 valence electrons. The summed E-state index contributed by atoms with van der Waals surface area (Å²) >= 11 is 12.4. The van der Waals surface area contributed by atoms with Crippen molar-refractivity contribution in [1.29, 1.82) is 0 Å². The van der Waals surface area contributed by atoms with E-state index < -0.39 is 11.9 Å². The molecule has 0 radical (unpaired) electrons. The lowest BCUT2D eigenvalue weighted by Gasteiger charge is -2.35. The molecule has 2 aromatic rings. The third-order valence-electron chi connectivity index (χ3n) is 5.14. The van der Waals surface area contributed by atoms with Gasteiger partial charge in [0.2, 0.25) is 5.91 Å².